The summed E-state index contributed by atoms with van der Waals surface area (Å²) < 4.78 is 0. The Hall–Kier alpha value is -2.14. The lowest BCUT2D eigenvalue weighted by Crippen LogP contribution is -2.35. The van der Waals surface area contributed by atoms with E-state index in [4.69, 9.17) is 11.6 Å². The van der Waals surface area contributed by atoms with Gasteiger partial charge in [-0.25, -0.2) is 9.97 Å². The molecule has 0 aliphatic carbocycles. The molecule has 1 aromatic carbocycles. The van der Waals surface area contributed by atoms with Crippen molar-refractivity contribution in [3.05, 3.63) is 52.9 Å². The van der Waals surface area contributed by atoms with E-state index in [0.29, 0.717) is 13.1 Å². The number of carbonyl (C=O) groups is 1. The van der Waals surface area contributed by atoms with Crippen molar-refractivity contribution >= 4 is 23.3 Å². The maximum Gasteiger partial charge on any atom is 0.242 e. The molecule has 3 rings (SSSR count). The number of fused-ring (bicyclic) bond motifs is 1. The van der Waals surface area contributed by atoms with Crippen LogP contribution in [0.15, 0.2) is 36.5 Å². The molecule has 1 aromatic heterocycles. The third-order valence-corrected chi connectivity index (χ3v) is 3.67. The van der Waals surface area contributed by atoms with E-state index < -0.39 is 0 Å². The van der Waals surface area contributed by atoms with Gasteiger partial charge in [-0.05, 0) is 17.2 Å². The second-order valence-electron chi connectivity index (χ2n) is 5.08. The van der Waals surface area contributed by atoms with E-state index in [2.05, 4.69) is 9.97 Å². The van der Waals surface area contributed by atoms with Gasteiger partial charge in [0.1, 0.15) is 5.82 Å². The van der Waals surface area contributed by atoms with Gasteiger partial charge in [0.05, 0.1) is 13.1 Å². The van der Waals surface area contributed by atoms with Gasteiger partial charge in [0.2, 0.25) is 11.2 Å². The first kappa shape index (κ1) is 13.8. The minimum atomic E-state index is 0.0556. The molecule has 0 unspecified atom stereocenters. The molecule has 6 heteroatoms. The van der Waals surface area contributed by atoms with Gasteiger partial charge >= 0.3 is 0 Å². The number of benzene rings is 1. The summed E-state index contributed by atoms with van der Waals surface area (Å²) in [5.41, 5.74) is 2.03. The normalized spacial score (nSPS) is 14.9. The molecule has 0 fully saturated rings. The molecule has 1 aliphatic heterocycles. The summed E-state index contributed by atoms with van der Waals surface area (Å²) in [7, 11) is 1.78. The van der Waals surface area contributed by atoms with Crippen LogP contribution in [-0.4, -0.2) is 34.4 Å². The van der Waals surface area contributed by atoms with E-state index in [1.165, 1.54) is 0 Å². The van der Waals surface area contributed by atoms with Crippen LogP contribution in [0.1, 0.15) is 11.1 Å². The molecule has 2 heterocycles. The van der Waals surface area contributed by atoms with E-state index in [9.17, 15) is 4.79 Å². The van der Waals surface area contributed by atoms with Crippen molar-refractivity contribution in [1.29, 1.82) is 0 Å². The van der Waals surface area contributed by atoms with Gasteiger partial charge < -0.3 is 9.80 Å². The van der Waals surface area contributed by atoms with Crippen LogP contribution in [0, 0.1) is 0 Å². The fourth-order valence-electron chi connectivity index (χ4n) is 2.40. The topological polar surface area (TPSA) is 49.3 Å². The van der Waals surface area contributed by atoms with E-state index in [1.54, 1.807) is 18.1 Å². The Bertz CT molecular complexity index is 662. The van der Waals surface area contributed by atoms with Gasteiger partial charge in [0, 0.05) is 25.4 Å². The predicted molar refractivity (Wildman–Crippen MR) is 81.0 cm³/mol. The summed E-state index contributed by atoms with van der Waals surface area (Å²) in [6.07, 6.45) is 1.69. The first-order chi connectivity index (χ1) is 10.1. The maximum absolute atomic E-state index is 12.2. The Labute approximate surface area is 128 Å². The summed E-state index contributed by atoms with van der Waals surface area (Å²) in [5.74, 6) is 0.789. The van der Waals surface area contributed by atoms with Crippen molar-refractivity contribution in [3.8, 4) is 0 Å². The Morgan fingerprint density at radius 1 is 1.24 bits per heavy atom. The lowest BCUT2D eigenvalue weighted by Gasteiger charge is -2.22. The molecule has 0 radical (unpaired) electrons. The summed E-state index contributed by atoms with van der Waals surface area (Å²) in [4.78, 5) is 24.1. The van der Waals surface area contributed by atoms with Gasteiger partial charge in [-0.3, -0.25) is 4.79 Å². The molecule has 21 heavy (non-hydrogen) atoms. The quantitative estimate of drug-likeness (QED) is 0.797. The number of amides is 1. The molecule has 0 saturated heterocycles. The Kier molecular flexibility index (Phi) is 3.75. The fraction of sp³-hybridized carbons (Fsp3) is 0.267. The molecule has 0 spiro atoms. The molecule has 108 valence electrons. The van der Waals surface area contributed by atoms with E-state index >= 15 is 0 Å². The SMILES string of the molecule is CN1Cc2cnc(Cl)nc2N(Cc2ccccc2)CC1=O. The average Bonchev–Trinajstić information content (AvgIpc) is 2.59. The number of hydrogen-bond donors (Lipinski definition) is 0. The van der Waals surface area contributed by atoms with Gasteiger partial charge in [0.15, 0.2) is 0 Å². The molecule has 0 bridgehead atoms. The lowest BCUT2D eigenvalue weighted by molar-refractivity contribution is -0.128. The maximum atomic E-state index is 12.2. The number of nitrogens with zero attached hydrogens (tertiary/aromatic N) is 4. The van der Waals surface area contributed by atoms with Crippen molar-refractivity contribution in [2.24, 2.45) is 0 Å². The zero-order valence-electron chi connectivity index (χ0n) is 11.7. The molecule has 2 aromatic rings. The molecule has 0 atom stereocenters. The van der Waals surface area contributed by atoms with Crippen LogP contribution in [0.2, 0.25) is 5.28 Å². The highest BCUT2D eigenvalue weighted by atomic mass is 35.5. The summed E-state index contributed by atoms with van der Waals surface area (Å²) in [6.45, 7) is 1.39. The molecule has 1 aliphatic rings. The molecule has 5 nitrogen and oxygen atoms in total. The van der Waals surface area contributed by atoms with Gasteiger partial charge in [-0.1, -0.05) is 30.3 Å². The molecular formula is C15H15ClN4O. The van der Waals surface area contributed by atoms with Crippen LogP contribution >= 0.6 is 11.6 Å². The van der Waals surface area contributed by atoms with Crippen LogP contribution in [0.25, 0.3) is 0 Å². The second kappa shape index (κ2) is 5.69. The highest BCUT2D eigenvalue weighted by Gasteiger charge is 2.25. The standard InChI is InChI=1S/C15H15ClN4O/c1-19-9-12-7-17-15(16)18-14(12)20(10-13(19)21)8-11-5-3-2-4-6-11/h2-7H,8-10H2,1H3. The van der Waals surface area contributed by atoms with Crippen LogP contribution < -0.4 is 4.90 Å². The number of likely N-dealkylation sites (N-methyl/N-ethyl adjacent to an activating group) is 1. The van der Waals surface area contributed by atoms with Gasteiger partial charge in [-0.15, -0.1) is 0 Å². The van der Waals surface area contributed by atoms with Crippen LogP contribution in [0.5, 0.6) is 0 Å². The summed E-state index contributed by atoms with van der Waals surface area (Å²) in [6, 6.07) is 9.99. The zero-order valence-corrected chi connectivity index (χ0v) is 12.4. The number of anilines is 1. The average molecular weight is 303 g/mol. The summed E-state index contributed by atoms with van der Waals surface area (Å²) >= 11 is 5.92. The van der Waals surface area contributed by atoms with Gasteiger partial charge in [0.25, 0.3) is 0 Å². The van der Waals surface area contributed by atoms with Crippen molar-refractivity contribution in [1.82, 2.24) is 14.9 Å². The third-order valence-electron chi connectivity index (χ3n) is 3.49. The van der Waals surface area contributed by atoms with Crippen LogP contribution in [0.4, 0.5) is 5.82 Å². The molecule has 0 saturated carbocycles. The zero-order chi connectivity index (χ0) is 14.8. The van der Waals surface area contributed by atoms with Crippen molar-refractivity contribution < 1.29 is 4.79 Å². The predicted octanol–water partition coefficient (Wildman–Crippen LogP) is 2.11. The highest BCUT2D eigenvalue weighted by molar-refractivity contribution is 6.28. The first-order valence-electron chi connectivity index (χ1n) is 6.68. The highest BCUT2D eigenvalue weighted by Crippen LogP contribution is 2.25. The largest absolute Gasteiger partial charge is 0.343 e. The fourth-order valence-corrected chi connectivity index (χ4v) is 2.53. The Morgan fingerprint density at radius 2 is 2.00 bits per heavy atom. The van der Waals surface area contributed by atoms with Crippen LogP contribution in [0.3, 0.4) is 0 Å². The number of hydrogen-bond acceptors (Lipinski definition) is 4. The number of carbonyl (C=O) groups excluding carboxylic acids is 1. The van der Waals surface area contributed by atoms with E-state index in [0.717, 1.165) is 16.9 Å². The van der Waals surface area contributed by atoms with Crippen molar-refractivity contribution in [3.63, 3.8) is 0 Å². The number of aromatic nitrogens is 2. The lowest BCUT2D eigenvalue weighted by atomic mass is 10.2. The van der Waals surface area contributed by atoms with Crippen molar-refractivity contribution in [2.75, 3.05) is 18.5 Å². The molecular weight excluding hydrogens is 288 g/mol. The minimum Gasteiger partial charge on any atom is -0.343 e. The van der Waals surface area contributed by atoms with Crippen LogP contribution in [-0.2, 0) is 17.9 Å². The second-order valence-corrected chi connectivity index (χ2v) is 5.42. The summed E-state index contributed by atoms with van der Waals surface area (Å²) in [5, 5.41) is 0.198. The van der Waals surface area contributed by atoms with E-state index in [-0.39, 0.29) is 17.7 Å². The first-order valence-corrected chi connectivity index (χ1v) is 7.05. The molecule has 0 N–H and O–H groups in total. The monoisotopic (exact) mass is 302 g/mol. The molecule has 1 amide bonds. The number of halogens is 1. The Morgan fingerprint density at radius 3 is 2.76 bits per heavy atom. The number of rotatable bonds is 2. The van der Waals surface area contributed by atoms with Crippen molar-refractivity contribution in [2.45, 2.75) is 13.1 Å². The van der Waals surface area contributed by atoms with E-state index in [1.807, 2.05) is 35.2 Å². The minimum absolute atomic E-state index is 0.0556. The third kappa shape index (κ3) is 2.97. The Balaban J connectivity index is 1.98. The smallest absolute Gasteiger partial charge is 0.242 e. The van der Waals surface area contributed by atoms with Gasteiger partial charge in [-0.2, -0.15) is 0 Å².